The molecule has 2 atom stereocenters. The Morgan fingerprint density at radius 2 is 2.16 bits per heavy atom. The Morgan fingerprint density at radius 3 is 2.74 bits per heavy atom. The molecule has 0 aliphatic heterocycles. The quantitative estimate of drug-likeness (QED) is 0.835. The van der Waals surface area contributed by atoms with Crippen molar-refractivity contribution in [2.45, 2.75) is 48.6 Å². The number of hydrogen-bond acceptors (Lipinski definition) is 4. The third-order valence-corrected chi connectivity index (χ3v) is 8.23. The van der Waals surface area contributed by atoms with Gasteiger partial charge >= 0.3 is 0 Å². The lowest BCUT2D eigenvalue weighted by Gasteiger charge is -2.23. The molecule has 19 heavy (non-hydrogen) atoms. The normalized spacial score (nSPS) is 24.2. The van der Waals surface area contributed by atoms with Gasteiger partial charge in [0.1, 0.15) is 4.21 Å². The van der Waals surface area contributed by atoms with Crippen molar-refractivity contribution in [1.82, 2.24) is 4.31 Å². The van der Waals surface area contributed by atoms with Crippen molar-refractivity contribution in [2.24, 2.45) is 0 Å². The number of hydrogen-bond donors (Lipinski definition) is 0. The Kier molecular flexibility index (Phi) is 4.98. The van der Waals surface area contributed by atoms with Crippen LogP contribution >= 0.6 is 23.1 Å². The predicted octanol–water partition coefficient (Wildman–Crippen LogP) is 3.35. The molecule has 1 aromatic heterocycles. The molecule has 0 aromatic carbocycles. The van der Waals surface area contributed by atoms with Crippen molar-refractivity contribution < 1.29 is 8.42 Å². The van der Waals surface area contributed by atoms with Crippen LogP contribution in [-0.4, -0.2) is 36.8 Å². The summed E-state index contributed by atoms with van der Waals surface area (Å²) in [6, 6.07) is 3.76. The zero-order valence-electron chi connectivity index (χ0n) is 11.6. The number of thioether (sulfide) groups is 1. The summed E-state index contributed by atoms with van der Waals surface area (Å²) in [5, 5.41) is 0.623. The number of aryl methyl sites for hydroxylation is 1. The lowest BCUT2D eigenvalue weighted by molar-refractivity contribution is 0.374. The summed E-state index contributed by atoms with van der Waals surface area (Å²) in [6.07, 6.45) is 3.10. The minimum absolute atomic E-state index is 0.163. The monoisotopic (exact) mass is 319 g/mol. The van der Waals surface area contributed by atoms with Gasteiger partial charge in [-0.25, -0.2) is 8.42 Å². The van der Waals surface area contributed by atoms with Crippen molar-refractivity contribution in [3.63, 3.8) is 0 Å². The number of rotatable bonds is 5. The third kappa shape index (κ3) is 3.35. The second-order valence-corrected chi connectivity index (χ2v) is 10.0. The Bertz CT molecular complexity index is 524. The van der Waals surface area contributed by atoms with Gasteiger partial charge in [0, 0.05) is 23.2 Å². The SMILES string of the molecule is CCS[C@H]1CC[C@@H](N(C)S(=O)(=O)c2ccc(C)s2)C1. The highest BCUT2D eigenvalue weighted by Gasteiger charge is 2.34. The molecule has 0 radical (unpaired) electrons. The average molecular weight is 320 g/mol. The van der Waals surface area contributed by atoms with Gasteiger partial charge in [-0.3, -0.25) is 0 Å². The van der Waals surface area contributed by atoms with Gasteiger partial charge in [-0.15, -0.1) is 11.3 Å². The summed E-state index contributed by atoms with van der Waals surface area (Å²) >= 11 is 3.31. The van der Waals surface area contributed by atoms with E-state index in [1.54, 1.807) is 17.4 Å². The summed E-state index contributed by atoms with van der Waals surface area (Å²) in [7, 11) is -1.57. The van der Waals surface area contributed by atoms with E-state index < -0.39 is 10.0 Å². The topological polar surface area (TPSA) is 37.4 Å². The fraction of sp³-hybridized carbons (Fsp3) is 0.692. The van der Waals surface area contributed by atoms with Crippen molar-refractivity contribution in [2.75, 3.05) is 12.8 Å². The van der Waals surface area contributed by atoms with Crippen LogP contribution in [0.2, 0.25) is 0 Å². The van der Waals surface area contributed by atoms with Crippen molar-refractivity contribution in [3.8, 4) is 0 Å². The lowest BCUT2D eigenvalue weighted by atomic mass is 10.3. The molecule has 1 aromatic rings. The Balaban J connectivity index is 2.09. The van der Waals surface area contributed by atoms with E-state index in [0.29, 0.717) is 9.46 Å². The first-order valence-electron chi connectivity index (χ1n) is 6.61. The minimum Gasteiger partial charge on any atom is -0.206 e. The molecule has 0 spiro atoms. The van der Waals surface area contributed by atoms with E-state index in [1.165, 1.54) is 11.3 Å². The van der Waals surface area contributed by atoms with Crippen molar-refractivity contribution in [3.05, 3.63) is 17.0 Å². The largest absolute Gasteiger partial charge is 0.252 e. The molecule has 0 unspecified atom stereocenters. The van der Waals surface area contributed by atoms with E-state index in [9.17, 15) is 8.42 Å². The van der Waals surface area contributed by atoms with Crippen LogP contribution in [0.4, 0.5) is 0 Å². The highest BCUT2D eigenvalue weighted by atomic mass is 32.2. The van der Waals surface area contributed by atoms with Gasteiger partial charge in [0.05, 0.1) is 0 Å². The molecule has 0 amide bonds. The maximum atomic E-state index is 12.5. The number of thiophene rings is 1. The molecule has 1 saturated carbocycles. The molecule has 108 valence electrons. The second-order valence-electron chi connectivity index (χ2n) is 4.93. The summed E-state index contributed by atoms with van der Waals surface area (Å²) in [5.74, 6) is 1.11. The summed E-state index contributed by atoms with van der Waals surface area (Å²) < 4.78 is 27.1. The van der Waals surface area contributed by atoms with E-state index in [1.807, 2.05) is 24.8 Å². The molecule has 1 heterocycles. The van der Waals surface area contributed by atoms with E-state index in [0.717, 1.165) is 29.9 Å². The average Bonchev–Trinajstić information content (AvgIpc) is 2.98. The second kappa shape index (κ2) is 6.16. The molecule has 1 fully saturated rings. The minimum atomic E-state index is -3.30. The zero-order valence-corrected chi connectivity index (χ0v) is 14.1. The van der Waals surface area contributed by atoms with E-state index >= 15 is 0 Å². The summed E-state index contributed by atoms with van der Waals surface area (Å²) in [6.45, 7) is 4.10. The summed E-state index contributed by atoms with van der Waals surface area (Å²) in [4.78, 5) is 1.04. The molecular formula is C13H21NO2S3. The number of sulfonamides is 1. The maximum absolute atomic E-state index is 12.5. The van der Waals surface area contributed by atoms with Crippen LogP contribution in [0.3, 0.4) is 0 Å². The van der Waals surface area contributed by atoms with Crippen LogP contribution in [0.25, 0.3) is 0 Å². The molecule has 2 rings (SSSR count). The Hall–Kier alpha value is -0.0400. The fourth-order valence-corrected chi connectivity index (χ4v) is 6.52. The Morgan fingerprint density at radius 1 is 1.42 bits per heavy atom. The molecule has 3 nitrogen and oxygen atoms in total. The number of nitrogens with zero attached hydrogens (tertiary/aromatic N) is 1. The standard InChI is InChI=1S/C13H21NO2S3/c1-4-17-12-7-6-11(9-12)14(3)19(15,16)13-8-5-10(2)18-13/h5,8,11-12H,4,6-7,9H2,1-3H3/t11-,12+/m1/s1. The summed E-state index contributed by atoms with van der Waals surface area (Å²) in [5.41, 5.74) is 0. The van der Waals surface area contributed by atoms with Gasteiger partial charge in [-0.2, -0.15) is 16.1 Å². The fourth-order valence-electron chi connectivity index (χ4n) is 2.52. The third-order valence-electron chi connectivity index (χ3n) is 3.62. The first kappa shape index (κ1) is 15.4. The first-order chi connectivity index (χ1) is 8.95. The molecule has 0 N–H and O–H groups in total. The van der Waals surface area contributed by atoms with Crippen LogP contribution in [0.5, 0.6) is 0 Å². The van der Waals surface area contributed by atoms with Gasteiger partial charge in [-0.1, -0.05) is 6.92 Å². The van der Waals surface area contributed by atoms with Crippen LogP contribution in [0.15, 0.2) is 16.3 Å². The molecule has 6 heteroatoms. The van der Waals surface area contributed by atoms with Crippen molar-refractivity contribution in [1.29, 1.82) is 0 Å². The van der Waals surface area contributed by atoms with E-state index in [-0.39, 0.29) is 6.04 Å². The van der Waals surface area contributed by atoms with Crippen LogP contribution in [-0.2, 0) is 10.0 Å². The molecule has 0 saturated heterocycles. The van der Waals surface area contributed by atoms with E-state index in [2.05, 4.69) is 6.92 Å². The Labute approximate surface area is 124 Å². The highest BCUT2D eigenvalue weighted by molar-refractivity contribution is 7.99. The molecule has 1 aliphatic rings. The van der Waals surface area contributed by atoms with Gasteiger partial charge in [-0.05, 0) is 44.1 Å². The first-order valence-corrected chi connectivity index (χ1v) is 9.91. The highest BCUT2D eigenvalue weighted by Crippen LogP contribution is 2.35. The van der Waals surface area contributed by atoms with Crippen molar-refractivity contribution >= 4 is 33.1 Å². The van der Waals surface area contributed by atoms with Gasteiger partial charge in [0.25, 0.3) is 10.0 Å². The molecule has 1 aliphatic carbocycles. The lowest BCUT2D eigenvalue weighted by Crippen LogP contribution is -2.35. The molecular weight excluding hydrogens is 298 g/mol. The molecule has 0 bridgehead atoms. The predicted molar refractivity (Wildman–Crippen MR) is 83.6 cm³/mol. The van der Waals surface area contributed by atoms with Crippen LogP contribution in [0.1, 0.15) is 31.1 Å². The van der Waals surface area contributed by atoms with Crippen LogP contribution in [0, 0.1) is 6.92 Å². The van der Waals surface area contributed by atoms with Gasteiger partial charge in [0.2, 0.25) is 0 Å². The smallest absolute Gasteiger partial charge is 0.206 e. The van der Waals surface area contributed by atoms with E-state index in [4.69, 9.17) is 0 Å². The zero-order chi connectivity index (χ0) is 14.0. The maximum Gasteiger partial charge on any atom is 0.252 e. The van der Waals surface area contributed by atoms with Crippen LogP contribution < -0.4 is 0 Å². The van der Waals surface area contributed by atoms with Gasteiger partial charge in [0.15, 0.2) is 0 Å². The van der Waals surface area contributed by atoms with Gasteiger partial charge < -0.3 is 0 Å².